The summed E-state index contributed by atoms with van der Waals surface area (Å²) in [7, 11) is 0. The summed E-state index contributed by atoms with van der Waals surface area (Å²) >= 11 is 0. The zero-order valence-electron chi connectivity index (χ0n) is 20.9. The van der Waals surface area contributed by atoms with Crippen molar-refractivity contribution in [3.8, 4) is 0 Å². The number of piperidine rings is 1. The Morgan fingerprint density at radius 3 is 1.47 bits per heavy atom. The zero-order chi connectivity index (χ0) is 22.3. The van der Waals surface area contributed by atoms with Gasteiger partial charge < -0.3 is 21.3 Å². The molecule has 3 aliphatic rings. The molecule has 3 aliphatic heterocycles. The fraction of sp³-hybridized carbons (Fsp3) is 0.846. The second-order valence-corrected chi connectivity index (χ2v) is 11.9. The maximum Gasteiger partial charge on any atom is 0.0995 e. The maximum atomic E-state index is 3.74. The van der Waals surface area contributed by atoms with Gasteiger partial charge in [0, 0.05) is 29.4 Å². The molecule has 3 rings (SSSR count). The quantitative estimate of drug-likeness (QED) is 0.379. The van der Waals surface area contributed by atoms with Gasteiger partial charge in [-0.1, -0.05) is 82.7 Å². The monoisotopic (exact) mass is 422 g/mol. The summed E-state index contributed by atoms with van der Waals surface area (Å²) < 4.78 is 0. The van der Waals surface area contributed by atoms with E-state index in [4.69, 9.17) is 0 Å². The predicted molar refractivity (Wildman–Crippen MR) is 135 cm³/mol. The molecule has 178 valence electrons. The molecule has 2 saturated heterocycles. The van der Waals surface area contributed by atoms with Gasteiger partial charge >= 0.3 is 0 Å². The average Bonchev–Trinajstić information content (AvgIpc) is 3.26. The van der Waals surface area contributed by atoms with Crippen molar-refractivity contribution in [1.82, 2.24) is 21.3 Å². The Balaban J connectivity index is 0.000000414. The van der Waals surface area contributed by atoms with Crippen molar-refractivity contribution in [2.24, 2.45) is 16.2 Å². The van der Waals surface area contributed by atoms with Crippen LogP contribution in [0, 0.1) is 16.2 Å². The molecule has 0 aromatic heterocycles. The van der Waals surface area contributed by atoms with Gasteiger partial charge in [-0.2, -0.15) is 0 Å². The van der Waals surface area contributed by atoms with Crippen molar-refractivity contribution in [2.75, 3.05) is 13.1 Å². The molecule has 4 N–H and O–H groups in total. The van der Waals surface area contributed by atoms with E-state index in [1.54, 1.807) is 0 Å². The second kappa shape index (κ2) is 12.1. The first-order valence-electron chi connectivity index (χ1n) is 11.6. The largest absolute Gasteiger partial charge is 0.347 e. The van der Waals surface area contributed by atoms with Crippen LogP contribution in [0.1, 0.15) is 102 Å². The molecular weight excluding hydrogens is 368 g/mol. The first-order valence-corrected chi connectivity index (χ1v) is 11.6. The molecule has 0 aliphatic carbocycles. The van der Waals surface area contributed by atoms with Crippen LogP contribution in [0.15, 0.2) is 24.3 Å². The van der Waals surface area contributed by atoms with Gasteiger partial charge in [0.2, 0.25) is 0 Å². The number of rotatable bonds is 0. The molecule has 0 aromatic rings. The number of nitrogens with one attached hydrogen (secondary N) is 4. The molecule has 4 nitrogen and oxygen atoms in total. The molecular formula is C26H54N4. The first-order chi connectivity index (χ1) is 13.2. The molecule has 2 unspecified atom stereocenters. The van der Waals surface area contributed by atoms with Gasteiger partial charge in [0.25, 0.3) is 0 Å². The first kappa shape index (κ1) is 29.0. The minimum absolute atomic E-state index is 0. The normalized spacial score (nSPS) is 24.2. The van der Waals surface area contributed by atoms with E-state index in [-0.39, 0.29) is 12.8 Å². The number of allylic oxidation sites excluding steroid dienone is 1. The Kier molecular flexibility index (Phi) is 11.7. The number of hydrogen-bond donors (Lipinski definition) is 4. The highest BCUT2D eigenvalue weighted by Gasteiger charge is 2.26. The van der Waals surface area contributed by atoms with E-state index in [1.807, 2.05) is 6.20 Å². The van der Waals surface area contributed by atoms with Gasteiger partial charge in [-0.05, 0) is 49.6 Å². The second-order valence-electron chi connectivity index (χ2n) is 11.9. The summed E-state index contributed by atoms with van der Waals surface area (Å²) in [5.41, 5.74) is 2.31. The molecule has 0 bridgehead atoms. The van der Waals surface area contributed by atoms with E-state index in [1.165, 1.54) is 50.9 Å². The standard InChI is InChI=1S/C9H19N.C8H14N2.C8H17N.CH4/c1-9(2,3)8-6-4-5-7-10-8;1-6-9-5-7(10-6)8(2,3)4;1-8(2,3)7-5-4-6-9-7;/h8,10H,4-7H2,1-3H3;5,9-10H,1H2,2-4H3;7,9H,4-6H2,1-3H3;1H4. The van der Waals surface area contributed by atoms with Gasteiger partial charge in [0.05, 0.1) is 5.82 Å². The maximum absolute atomic E-state index is 3.74. The van der Waals surface area contributed by atoms with Gasteiger partial charge in [0.1, 0.15) is 0 Å². The van der Waals surface area contributed by atoms with Crippen molar-refractivity contribution < 1.29 is 0 Å². The molecule has 0 spiro atoms. The van der Waals surface area contributed by atoms with Crippen molar-refractivity contribution in [3.05, 3.63) is 24.3 Å². The highest BCUT2D eigenvalue weighted by Crippen LogP contribution is 2.26. The molecule has 4 heteroatoms. The minimum atomic E-state index is 0. The molecule has 30 heavy (non-hydrogen) atoms. The van der Waals surface area contributed by atoms with Crippen LogP contribution in [0.4, 0.5) is 0 Å². The topological polar surface area (TPSA) is 48.1 Å². The molecule has 0 amide bonds. The van der Waals surface area contributed by atoms with E-state index in [0.29, 0.717) is 10.8 Å². The highest BCUT2D eigenvalue weighted by atomic mass is 15.1. The van der Waals surface area contributed by atoms with Crippen LogP contribution in [0.25, 0.3) is 0 Å². The smallest absolute Gasteiger partial charge is 0.0995 e. The van der Waals surface area contributed by atoms with E-state index in [0.717, 1.165) is 17.9 Å². The lowest BCUT2D eigenvalue weighted by atomic mass is 9.82. The van der Waals surface area contributed by atoms with E-state index >= 15 is 0 Å². The molecule has 2 fully saturated rings. The lowest BCUT2D eigenvalue weighted by molar-refractivity contribution is 0.226. The Morgan fingerprint density at radius 2 is 1.23 bits per heavy atom. The SMILES string of the molecule is C.C=C1NC=C(C(C)(C)C)N1.CC(C)(C)C1CCCCN1.CC(C)(C)C1CCCN1. The van der Waals surface area contributed by atoms with Crippen molar-refractivity contribution in [1.29, 1.82) is 0 Å². The van der Waals surface area contributed by atoms with E-state index < -0.39 is 0 Å². The number of hydrogen-bond acceptors (Lipinski definition) is 4. The van der Waals surface area contributed by atoms with Crippen molar-refractivity contribution >= 4 is 0 Å². The van der Waals surface area contributed by atoms with Gasteiger partial charge in [-0.3, -0.25) is 0 Å². The predicted octanol–water partition coefficient (Wildman–Crippen LogP) is 6.13. The summed E-state index contributed by atoms with van der Waals surface area (Å²) in [5.74, 6) is 0.866. The van der Waals surface area contributed by atoms with Crippen LogP contribution >= 0.6 is 0 Å². The van der Waals surface area contributed by atoms with Gasteiger partial charge in [0.15, 0.2) is 0 Å². The van der Waals surface area contributed by atoms with Crippen molar-refractivity contribution in [2.45, 2.75) is 114 Å². The van der Waals surface area contributed by atoms with Gasteiger partial charge in [-0.15, -0.1) is 0 Å². The Morgan fingerprint density at radius 1 is 0.767 bits per heavy atom. The van der Waals surface area contributed by atoms with Crippen LogP contribution in [-0.2, 0) is 0 Å². The molecule has 0 saturated carbocycles. The lowest BCUT2D eigenvalue weighted by Crippen LogP contribution is -2.43. The van der Waals surface area contributed by atoms with Crippen LogP contribution in [-0.4, -0.2) is 25.2 Å². The van der Waals surface area contributed by atoms with Crippen LogP contribution in [0.3, 0.4) is 0 Å². The van der Waals surface area contributed by atoms with E-state index in [2.05, 4.69) is 90.2 Å². The Bertz CT molecular complexity index is 517. The molecule has 2 atom stereocenters. The lowest BCUT2D eigenvalue weighted by Gasteiger charge is -2.34. The minimum Gasteiger partial charge on any atom is -0.347 e. The molecule has 3 heterocycles. The fourth-order valence-electron chi connectivity index (χ4n) is 3.81. The summed E-state index contributed by atoms with van der Waals surface area (Å²) in [5, 5.41) is 13.2. The third kappa shape index (κ3) is 10.9. The fourth-order valence-corrected chi connectivity index (χ4v) is 3.81. The highest BCUT2D eigenvalue weighted by molar-refractivity contribution is 5.21. The Hall–Kier alpha value is -1.00. The molecule has 0 radical (unpaired) electrons. The van der Waals surface area contributed by atoms with Crippen LogP contribution in [0.2, 0.25) is 0 Å². The van der Waals surface area contributed by atoms with Crippen molar-refractivity contribution in [3.63, 3.8) is 0 Å². The Labute approximate surface area is 189 Å². The van der Waals surface area contributed by atoms with Crippen LogP contribution in [0.5, 0.6) is 0 Å². The van der Waals surface area contributed by atoms with Crippen LogP contribution < -0.4 is 21.3 Å². The zero-order valence-corrected chi connectivity index (χ0v) is 20.9. The summed E-state index contributed by atoms with van der Waals surface area (Å²) in [4.78, 5) is 0. The summed E-state index contributed by atoms with van der Waals surface area (Å²) in [6.45, 7) is 26.5. The third-order valence-electron chi connectivity index (χ3n) is 5.95. The van der Waals surface area contributed by atoms with Gasteiger partial charge in [-0.25, -0.2) is 0 Å². The van der Waals surface area contributed by atoms with E-state index in [9.17, 15) is 0 Å². The third-order valence-corrected chi connectivity index (χ3v) is 5.95. The summed E-state index contributed by atoms with van der Waals surface area (Å²) in [6.07, 6.45) is 8.83. The average molecular weight is 423 g/mol. The molecule has 0 aromatic carbocycles. The summed E-state index contributed by atoms with van der Waals surface area (Å²) in [6, 6.07) is 1.51.